The Kier molecular flexibility index (Phi) is 3.67. The molecular weight excluding hydrogens is 303 g/mol. The molecule has 0 unspecified atom stereocenters. The number of pyridine rings is 2. The first kappa shape index (κ1) is 14.4. The van der Waals surface area contributed by atoms with E-state index in [9.17, 15) is 4.39 Å². The molecular formula is C19H15FN4. The fourth-order valence-corrected chi connectivity index (χ4v) is 2.78. The monoisotopic (exact) mass is 318 g/mol. The Morgan fingerprint density at radius 2 is 1.88 bits per heavy atom. The van der Waals surface area contributed by atoms with E-state index in [4.69, 9.17) is 0 Å². The number of aromatic nitrogens is 3. The smallest absolute Gasteiger partial charge is 0.135 e. The minimum Gasteiger partial charge on any atom is -0.365 e. The molecule has 0 atom stereocenters. The van der Waals surface area contributed by atoms with Gasteiger partial charge < -0.3 is 10.3 Å². The summed E-state index contributed by atoms with van der Waals surface area (Å²) in [6.07, 6.45) is 5.25. The standard InChI is InChI=1S/C19H15FN4/c20-16-7-6-13(18-14(16)8-11-22-18)12-24-19-15(4-3-10-23-19)17-5-1-2-9-21-17/h1-11,22H,12H2,(H,23,24). The molecule has 0 radical (unpaired) electrons. The van der Waals surface area contributed by atoms with Crippen LogP contribution in [0.3, 0.4) is 0 Å². The van der Waals surface area contributed by atoms with Crippen LogP contribution < -0.4 is 5.32 Å². The average molecular weight is 318 g/mol. The minimum atomic E-state index is -0.220. The van der Waals surface area contributed by atoms with Crippen molar-refractivity contribution in [3.63, 3.8) is 0 Å². The number of benzene rings is 1. The summed E-state index contributed by atoms with van der Waals surface area (Å²) < 4.78 is 13.8. The van der Waals surface area contributed by atoms with Gasteiger partial charge in [0, 0.05) is 36.1 Å². The topological polar surface area (TPSA) is 53.6 Å². The van der Waals surface area contributed by atoms with Gasteiger partial charge in [-0.05, 0) is 42.0 Å². The van der Waals surface area contributed by atoms with Gasteiger partial charge in [0.15, 0.2) is 0 Å². The maximum absolute atomic E-state index is 13.8. The van der Waals surface area contributed by atoms with Gasteiger partial charge in [0.25, 0.3) is 0 Å². The number of nitrogens with one attached hydrogen (secondary N) is 2. The summed E-state index contributed by atoms with van der Waals surface area (Å²) in [5, 5.41) is 3.93. The summed E-state index contributed by atoms with van der Waals surface area (Å²) in [5.41, 5.74) is 3.58. The fraction of sp³-hybridized carbons (Fsp3) is 0.0526. The van der Waals surface area contributed by atoms with Crippen molar-refractivity contribution in [3.05, 3.63) is 78.5 Å². The van der Waals surface area contributed by atoms with Gasteiger partial charge in [-0.2, -0.15) is 0 Å². The van der Waals surface area contributed by atoms with E-state index in [0.29, 0.717) is 11.9 Å². The zero-order chi connectivity index (χ0) is 16.4. The van der Waals surface area contributed by atoms with Crippen LogP contribution in [0.5, 0.6) is 0 Å². The fourth-order valence-electron chi connectivity index (χ4n) is 2.78. The number of anilines is 1. The largest absolute Gasteiger partial charge is 0.365 e. The van der Waals surface area contributed by atoms with Crippen LogP contribution in [0.15, 0.2) is 67.1 Å². The van der Waals surface area contributed by atoms with Crippen molar-refractivity contribution in [2.45, 2.75) is 6.54 Å². The summed E-state index contributed by atoms with van der Waals surface area (Å²) in [4.78, 5) is 11.9. The summed E-state index contributed by atoms with van der Waals surface area (Å²) in [5.74, 6) is 0.530. The first-order chi connectivity index (χ1) is 11.8. The Balaban J connectivity index is 1.65. The molecule has 0 aliphatic heterocycles. The zero-order valence-corrected chi connectivity index (χ0v) is 12.8. The number of H-pyrrole nitrogens is 1. The van der Waals surface area contributed by atoms with Crippen molar-refractivity contribution in [1.29, 1.82) is 0 Å². The third kappa shape index (κ3) is 2.60. The van der Waals surface area contributed by atoms with Gasteiger partial charge in [-0.3, -0.25) is 4.98 Å². The molecule has 0 bridgehead atoms. The number of nitrogens with zero attached hydrogens (tertiary/aromatic N) is 2. The lowest BCUT2D eigenvalue weighted by molar-refractivity contribution is 0.639. The van der Waals surface area contributed by atoms with Crippen molar-refractivity contribution in [1.82, 2.24) is 15.0 Å². The van der Waals surface area contributed by atoms with Crippen LogP contribution in [0.25, 0.3) is 22.2 Å². The molecule has 0 amide bonds. The second kappa shape index (κ2) is 6.12. The number of rotatable bonds is 4. The SMILES string of the molecule is Fc1ccc(CNc2ncccc2-c2ccccn2)c2[nH]ccc12. The Morgan fingerprint density at radius 1 is 0.958 bits per heavy atom. The quantitative estimate of drug-likeness (QED) is 0.587. The van der Waals surface area contributed by atoms with Crippen LogP contribution in [0, 0.1) is 5.82 Å². The van der Waals surface area contributed by atoms with Crippen LogP contribution in [0.4, 0.5) is 10.2 Å². The van der Waals surface area contributed by atoms with E-state index >= 15 is 0 Å². The number of aromatic amines is 1. The van der Waals surface area contributed by atoms with Crippen molar-refractivity contribution in [3.8, 4) is 11.3 Å². The predicted molar refractivity (Wildman–Crippen MR) is 93.1 cm³/mol. The molecule has 3 heterocycles. The molecule has 5 heteroatoms. The Bertz CT molecular complexity index is 979. The van der Waals surface area contributed by atoms with Crippen LogP contribution in [0.2, 0.25) is 0 Å². The third-order valence-corrected chi connectivity index (χ3v) is 3.95. The van der Waals surface area contributed by atoms with Crippen molar-refractivity contribution in [2.75, 3.05) is 5.32 Å². The van der Waals surface area contributed by atoms with Gasteiger partial charge in [0.1, 0.15) is 11.6 Å². The van der Waals surface area contributed by atoms with E-state index in [1.54, 1.807) is 30.7 Å². The van der Waals surface area contributed by atoms with Crippen molar-refractivity contribution in [2.24, 2.45) is 0 Å². The van der Waals surface area contributed by atoms with Crippen LogP contribution in [-0.2, 0) is 6.54 Å². The summed E-state index contributed by atoms with van der Waals surface area (Å²) in [6.45, 7) is 0.536. The lowest BCUT2D eigenvalue weighted by Crippen LogP contribution is -2.04. The summed E-state index contributed by atoms with van der Waals surface area (Å²) >= 11 is 0. The molecule has 4 aromatic rings. The van der Waals surface area contributed by atoms with Gasteiger partial charge in [-0.1, -0.05) is 12.1 Å². The Morgan fingerprint density at radius 3 is 2.75 bits per heavy atom. The third-order valence-electron chi connectivity index (χ3n) is 3.95. The van der Waals surface area contributed by atoms with E-state index in [-0.39, 0.29) is 5.82 Å². The van der Waals surface area contributed by atoms with Gasteiger partial charge >= 0.3 is 0 Å². The molecule has 0 spiro atoms. The number of fused-ring (bicyclic) bond motifs is 1. The first-order valence-corrected chi connectivity index (χ1v) is 7.68. The predicted octanol–water partition coefficient (Wildman–Crippen LogP) is 4.38. The van der Waals surface area contributed by atoms with Crippen molar-refractivity contribution < 1.29 is 4.39 Å². The molecule has 0 aliphatic rings. The number of hydrogen-bond donors (Lipinski definition) is 2. The molecule has 0 fully saturated rings. The van der Waals surface area contributed by atoms with Crippen LogP contribution in [0.1, 0.15) is 5.56 Å². The molecule has 24 heavy (non-hydrogen) atoms. The highest BCUT2D eigenvalue weighted by atomic mass is 19.1. The molecule has 3 aromatic heterocycles. The van der Waals surface area contributed by atoms with E-state index < -0.39 is 0 Å². The molecule has 4 rings (SSSR count). The number of halogens is 1. The Hall–Kier alpha value is -3.21. The van der Waals surface area contributed by atoms with E-state index in [1.165, 1.54) is 6.07 Å². The van der Waals surface area contributed by atoms with Gasteiger partial charge in [0.2, 0.25) is 0 Å². The number of hydrogen-bond acceptors (Lipinski definition) is 3. The van der Waals surface area contributed by atoms with Gasteiger partial charge in [-0.15, -0.1) is 0 Å². The molecule has 1 aromatic carbocycles. The van der Waals surface area contributed by atoms with Gasteiger partial charge in [-0.25, -0.2) is 9.37 Å². The highest BCUT2D eigenvalue weighted by Crippen LogP contribution is 2.26. The maximum Gasteiger partial charge on any atom is 0.135 e. The van der Waals surface area contributed by atoms with Crippen LogP contribution >= 0.6 is 0 Å². The molecule has 2 N–H and O–H groups in total. The van der Waals surface area contributed by atoms with Crippen molar-refractivity contribution >= 4 is 16.7 Å². The molecule has 0 saturated carbocycles. The molecule has 118 valence electrons. The maximum atomic E-state index is 13.8. The van der Waals surface area contributed by atoms with E-state index in [1.807, 2.05) is 30.3 Å². The van der Waals surface area contributed by atoms with E-state index in [0.717, 1.165) is 28.2 Å². The van der Waals surface area contributed by atoms with Gasteiger partial charge in [0.05, 0.1) is 11.2 Å². The average Bonchev–Trinajstić information content (AvgIpc) is 3.13. The first-order valence-electron chi connectivity index (χ1n) is 7.68. The second-order valence-electron chi connectivity index (χ2n) is 5.44. The zero-order valence-electron chi connectivity index (χ0n) is 12.8. The lowest BCUT2D eigenvalue weighted by atomic mass is 10.1. The molecule has 4 nitrogen and oxygen atoms in total. The summed E-state index contributed by atoms with van der Waals surface area (Å²) in [7, 11) is 0. The normalized spacial score (nSPS) is 10.9. The Labute approximate surface area is 138 Å². The second-order valence-corrected chi connectivity index (χ2v) is 5.44. The molecule has 0 aliphatic carbocycles. The highest BCUT2D eigenvalue weighted by molar-refractivity contribution is 5.83. The lowest BCUT2D eigenvalue weighted by Gasteiger charge is -2.11. The van der Waals surface area contributed by atoms with Crippen LogP contribution in [-0.4, -0.2) is 15.0 Å². The van der Waals surface area contributed by atoms with E-state index in [2.05, 4.69) is 20.3 Å². The molecule has 0 saturated heterocycles. The minimum absolute atomic E-state index is 0.220. The summed E-state index contributed by atoms with van der Waals surface area (Å²) in [6, 6.07) is 14.7. The highest BCUT2D eigenvalue weighted by Gasteiger charge is 2.10.